The number of imidazole rings is 1. The van der Waals surface area contributed by atoms with Crippen LogP contribution in [-0.2, 0) is 22.9 Å². The Balaban J connectivity index is 1.72. The molecular weight excluding hydrogens is 359 g/mol. The van der Waals surface area contributed by atoms with E-state index < -0.39 is 29.4 Å². The van der Waals surface area contributed by atoms with Gasteiger partial charge in [0, 0.05) is 32.4 Å². The maximum atomic E-state index is 13.5. The largest absolute Gasteiger partial charge is 0.424 e. The molecule has 1 saturated carbocycles. The van der Waals surface area contributed by atoms with E-state index in [2.05, 4.69) is 10.3 Å². The molecule has 5 nitrogen and oxygen atoms in total. The summed E-state index contributed by atoms with van der Waals surface area (Å²) in [4.78, 5) is 16.4. The summed E-state index contributed by atoms with van der Waals surface area (Å²) in [7, 11) is 1.39. The predicted molar refractivity (Wildman–Crippen MR) is 92.8 cm³/mol. The van der Waals surface area contributed by atoms with Crippen LogP contribution in [-0.4, -0.2) is 33.3 Å². The average Bonchev–Trinajstić information content (AvgIpc) is 3.00. The lowest BCUT2D eigenvalue weighted by Gasteiger charge is -2.41. The van der Waals surface area contributed by atoms with Crippen molar-refractivity contribution in [2.24, 2.45) is 7.05 Å². The van der Waals surface area contributed by atoms with Crippen molar-refractivity contribution in [2.45, 2.75) is 42.9 Å². The van der Waals surface area contributed by atoms with Crippen LogP contribution in [0.4, 0.5) is 13.2 Å². The number of amides is 1. The average molecular weight is 381 g/mol. The molecule has 0 aliphatic heterocycles. The lowest BCUT2D eigenvalue weighted by Crippen LogP contribution is -2.51. The molecule has 8 heteroatoms. The third-order valence-electron chi connectivity index (χ3n) is 5.40. The number of carbonyl (C=O) groups is 1. The van der Waals surface area contributed by atoms with Crippen molar-refractivity contribution >= 4 is 5.91 Å². The first-order valence-electron chi connectivity index (χ1n) is 8.81. The highest BCUT2D eigenvalue weighted by molar-refractivity contribution is 5.89. The Hall–Kier alpha value is -2.35. The monoisotopic (exact) mass is 381 g/mol. The van der Waals surface area contributed by atoms with Crippen molar-refractivity contribution in [3.63, 3.8) is 0 Å². The Labute approximate surface area is 155 Å². The van der Waals surface area contributed by atoms with Crippen LogP contribution in [0.2, 0.25) is 0 Å². The van der Waals surface area contributed by atoms with E-state index in [1.165, 1.54) is 19.4 Å². The van der Waals surface area contributed by atoms with E-state index in [4.69, 9.17) is 0 Å². The minimum absolute atomic E-state index is 0.302. The summed E-state index contributed by atoms with van der Waals surface area (Å²) in [5.41, 5.74) is -2.96. The van der Waals surface area contributed by atoms with Crippen LogP contribution in [0.1, 0.15) is 37.1 Å². The Morgan fingerprint density at radius 3 is 2.44 bits per heavy atom. The van der Waals surface area contributed by atoms with E-state index in [1.54, 1.807) is 0 Å². The lowest BCUT2D eigenvalue weighted by molar-refractivity contribution is -0.272. The number of aryl methyl sites for hydroxylation is 1. The first kappa shape index (κ1) is 19.4. The van der Waals surface area contributed by atoms with Gasteiger partial charge in [0.1, 0.15) is 5.82 Å². The molecule has 1 aromatic carbocycles. The molecule has 0 bridgehead atoms. The maximum absolute atomic E-state index is 13.5. The van der Waals surface area contributed by atoms with Gasteiger partial charge in [0.15, 0.2) is 0 Å². The van der Waals surface area contributed by atoms with E-state index in [1.807, 2.05) is 30.3 Å². The topological polar surface area (TPSA) is 67.2 Å². The minimum Gasteiger partial charge on any atom is -0.374 e. The fraction of sp³-hybridized carbons (Fsp3) is 0.474. The molecule has 1 amide bonds. The highest BCUT2D eigenvalue weighted by Gasteiger charge is 2.57. The predicted octanol–water partition coefficient (Wildman–Crippen LogP) is 2.80. The second-order valence-electron chi connectivity index (χ2n) is 7.03. The summed E-state index contributed by atoms with van der Waals surface area (Å²) in [6.07, 6.45) is -0.880. The second kappa shape index (κ2) is 6.99. The lowest BCUT2D eigenvalue weighted by atomic mass is 9.64. The smallest absolute Gasteiger partial charge is 0.374 e. The number of nitrogens with one attached hydrogen (secondary N) is 1. The Kier molecular flexibility index (Phi) is 5.03. The third kappa shape index (κ3) is 3.34. The van der Waals surface area contributed by atoms with Crippen molar-refractivity contribution in [1.82, 2.24) is 14.9 Å². The third-order valence-corrected chi connectivity index (χ3v) is 5.40. The van der Waals surface area contributed by atoms with Gasteiger partial charge in [0.2, 0.25) is 11.5 Å². The van der Waals surface area contributed by atoms with Crippen LogP contribution < -0.4 is 5.32 Å². The summed E-state index contributed by atoms with van der Waals surface area (Å²) in [5, 5.41) is 12.9. The standard InChI is InChI=1S/C19H22F3N3O2/c1-25-13-12-23-15(25)18(27,19(20,21)22)10-11-24-16(26)17(8-5-9-17)14-6-3-2-4-7-14/h2-4,6-7,12-13,27H,5,8-11H2,1H3,(H,24,26)/t18-/m0/s1. The van der Waals surface area contributed by atoms with Crippen molar-refractivity contribution < 1.29 is 23.1 Å². The zero-order valence-electron chi connectivity index (χ0n) is 15.0. The zero-order valence-corrected chi connectivity index (χ0v) is 15.0. The van der Waals surface area contributed by atoms with Crippen LogP contribution in [0.15, 0.2) is 42.7 Å². The summed E-state index contributed by atoms with van der Waals surface area (Å²) in [6.45, 7) is -0.309. The summed E-state index contributed by atoms with van der Waals surface area (Å²) < 4.78 is 41.7. The van der Waals surface area contributed by atoms with Gasteiger partial charge in [-0.05, 0) is 18.4 Å². The molecule has 1 atom stereocenters. The van der Waals surface area contributed by atoms with Crippen molar-refractivity contribution in [3.05, 3.63) is 54.1 Å². The number of hydrogen-bond acceptors (Lipinski definition) is 3. The number of benzene rings is 1. The molecule has 2 N–H and O–H groups in total. The molecule has 3 rings (SSSR count). The van der Waals surface area contributed by atoms with Gasteiger partial charge in [-0.15, -0.1) is 0 Å². The maximum Gasteiger partial charge on any atom is 0.424 e. The molecule has 146 valence electrons. The van der Waals surface area contributed by atoms with Crippen LogP contribution in [0.25, 0.3) is 0 Å². The molecule has 27 heavy (non-hydrogen) atoms. The van der Waals surface area contributed by atoms with E-state index in [-0.39, 0.29) is 12.5 Å². The SMILES string of the molecule is Cn1ccnc1[C@@](O)(CCNC(=O)C1(c2ccccc2)CCC1)C(F)(F)F. The molecule has 0 unspecified atom stereocenters. The van der Waals surface area contributed by atoms with Gasteiger partial charge in [0.25, 0.3) is 0 Å². The van der Waals surface area contributed by atoms with E-state index in [0.717, 1.165) is 16.6 Å². The van der Waals surface area contributed by atoms with Gasteiger partial charge in [-0.1, -0.05) is 36.8 Å². The number of halogens is 3. The number of aromatic nitrogens is 2. The van der Waals surface area contributed by atoms with Gasteiger partial charge >= 0.3 is 6.18 Å². The highest BCUT2D eigenvalue weighted by atomic mass is 19.4. The van der Waals surface area contributed by atoms with Gasteiger partial charge in [-0.3, -0.25) is 4.79 Å². The van der Waals surface area contributed by atoms with Gasteiger partial charge in [-0.25, -0.2) is 4.98 Å². The van der Waals surface area contributed by atoms with Gasteiger partial charge in [0.05, 0.1) is 5.41 Å². The first-order valence-corrected chi connectivity index (χ1v) is 8.81. The number of rotatable bonds is 6. The Bertz CT molecular complexity index is 800. The number of hydrogen-bond donors (Lipinski definition) is 2. The Morgan fingerprint density at radius 2 is 1.96 bits per heavy atom. The van der Waals surface area contributed by atoms with E-state index in [0.29, 0.717) is 12.8 Å². The molecule has 1 aliphatic rings. The number of alkyl halides is 3. The molecule has 1 heterocycles. The van der Waals surface area contributed by atoms with Crippen LogP contribution in [0.5, 0.6) is 0 Å². The number of carbonyl (C=O) groups excluding carboxylic acids is 1. The quantitative estimate of drug-likeness (QED) is 0.809. The molecule has 2 aromatic rings. The van der Waals surface area contributed by atoms with Crippen molar-refractivity contribution in [2.75, 3.05) is 6.54 Å². The molecule has 1 fully saturated rings. The van der Waals surface area contributed by atoms with Gasteiger partial charge in [-0.2, -0.15) is 13.2 Å². The van der Waals surface area contributed by atoms with Crippen LogP contribution in [0, 0.1) is 0 Å². The number of aliphatic hydroxyl groups is 1. The second-order valence-corrected chi connectivity index (χ2v) is 7.03. The molecule has 0 spiro atoms. The molecular formula is C19H22F3N3O2. The Morgan fingerprint density at radius 1 is 1.30 bits per heavy atom. The fourth-order valence-electron chi connectivity index (χ4n) is 3.60. The van der Waals surface area contributed by atoms with Crippen LogP contribution in [0.3, 0.4) is 0 Å². The van der Waals surface area contributed by atoms with Crippen molar-refractivity contribution in [1.29, 1.82) is 0 Å². The summed E-state index contributed by atoms with van der Waals surface area (Å²) >= 11 is 0. The summed E-state index contributed by atoms with van der Waals surface area (Å²) in [6, 6.07) is 9.25. The highest BCUT2D eigenvalue weighted by Crippen LogP contribution is 2.44. The van der Waals surface area contributed by atoms with Crippen molar-refractivity contribution in [3.8, 4) is 0 Å². The normalized spacial score (nSPS) is 18.4. The van der Waals surface area contributed by atoms with Crippen LogP contribution >= 0.6 is 0 Å². The van der Waals surface area contributed by atoms with E-state index >= 15 is 0 Å². The molecule has 0 radical (unpaired) electrons. The van der Waals surface area contributed by atoms with E-state index in [9.17, 15) is 23.1 Å². The molecule has 1 aliphatic carbocycles. The molecule has 1 aromatic heterocycles. The fourth-order valence-corrected chi connectivity index (χ4v) is 3.60. The zero-order chi connectivity index (χ0) is 19.7. The van der Waals surface area contributed by atoms with Gasteiger partial charge < -0.3 is 15.0 Å². The molecule has 0 saturated heterocycles. The minimum atomic E-state index is -4.91. The number of nitrogens with zero attached hydrogens (tertiary/aromatic N) is 2. The first-order chi connectivity index (χ1) is 12.7. The summed E-state index contributed by atoms with van der Waals surface area (Å²) in [5.74, 6) is -0.796.